The lowest BCUT2D eigenvalue weighted by molar-refractivity contribution is 0.103. The van der Waals surface area contributed by atoms with Gasteiger partial charge >= 0.3 is 12.1 Å². The molecule has 0 unspecified atom stereocenters. The molecule has 2 N–H and O–H groups in total. The number of hydrogen-bond donors (Lipinski definition) is 2. The van der Waals surface area contributed by atoms with Crippen molar-refractivity contribution in [3.05, 3.63) is 39.5 Å². The lowest BCUT2D eigenvalue weighted by Crippen LogP contribution is -2.38. The Morgan fingerprint density at radius 2 is 1.96 bits per heavy atom. The third kappa shape index (κ3) is 3.38. The number of likely N-dealkylation sites (N-methyl/N-ethyl adjacent to an activating group) is 1. The van der Waals surface area contributed by atoms with Crippen molar-refractivity contribution in [2.45, 2.75) is 13.5 Å². The minimum Gasteiger partial charge on any atom is -0.493 e. The summed E-state index contributed by atoms with van der Waals surface area (Å²) >= 11 is 12.5. The zero-order valence-corrected chi connectivity index (χ0v) is 16.6. The zero-order chi connectivity index (χ0) is 20.6. The molecule has 0 aliphatic carbocycles. The summed E-state index contributed by atoms with van der Waals surface area (Å²) in [6.07, 6.45) is 1.24. The van der Waals surface area contributed by atoms with Gasteiger partial charge in [0.05, 0.1) is 21.9 Å². The van der Waals surface area contributed by atoms with Gasteiger partial charge in [-0.1, -0.05) is 23.2 Å². The van der Waals surface area contributed by atoms with Gasteiger partial charge in [-0.2, -0.15) is 5.10 Å². The average Bonchev–Trinajstić information content (AvgIpc) is 3.20. The Labute approximate surface area is 170 Å². The first-order valence-electron chi connectivity index (χ1n) is 8.37. The summed E-state index contributed by atoms with van der Waals surface area (Å²) in [4.78, 5) is 39.6. The SMILES string of the molecule is CCn1ncc(C(=O)c2ccc(Cl)c(NC(=O)N3CCN(C)C3=O)c2Cl)c1O. The molecule has 1 fully saturated rings. The second-order valence-electron chi connectivity index (χ2n) is 6.10. The number of ketones is 1. The van der Waals surface area contributed by atoms with Gasteiger partial charge in [-0.25, -0.2) is 19.2 Å². The molecule has 1 aliphatic heterocycles. The molecule has 1 aliphatic rings. The van der Waals surface area contributed by atoms with E-state index < -0.39 is 17.8 Å². The van der Waals surface area contributed by atoms with E-state index in [1.165, 1.54) is 27.9 Å². The molecule has 148 valence electrons. The van der Waals surface area contributed by atoms with E-state index in [1.54, 1.807) is 14.0 Å². The number of halogens is 2. The first-order chi connectivity index (χ1) is 13.3. The molecule has 1 aromatic carbocycles. The third-order valence-electron chi connectivity index (χ3n) is 4.39. The van der Waals surface area contributed by atoms with Crippen molar-refractivity contribution in [2.24, 2.45) is 0 Å². The van der Waals surface area contributed by atoms with Gasteiger partial charge in [0.15, 0.2) is 0 Å². The van der Waals surface area contributed by atoms with Gasteiger partial charge in [-0.15, -0.1) is 0 Å². The van der Waals surface area contributed by atoms with Crippen LogP contribution in [0, 0.1) is 0 Å². The number of nitrogens with zero attached hydrogens (tertiary/aromatic N) is 4. The second-order valence-corrected chi connectivity index (χ2v) is 6.88. The number of carbonyl (C=O) groups is 3. The van der Waals surface area contributed by atoms with E-state index in [0.717, 1.165) is 4.90 Å². The maximum absolute atomic E-state index is 12.8. The van der Waals surface area contributed by atoms with Gasteiger partial charge in [-0.3, -0.25) is 4.79 Å². The fraction of sp³-hybridized carbons (Fsp3) is 0.294. The molecule has 2 aromatic rings. The van der Waals surface area contributed by atoms with Crippen LogP contribution in [-0.4, -0.2) is 62.7 Å². The molecule has 3 rings (SSSR count). The lowest BCUT2D eigenvalue weighted by atomic mass is 10.0. The molecule has 9 nitrogen and oxygen atoms in total. The maximum Gasteiger partial charge on any atom is 0.330 e. The zero-order valence-electron chi connectivity index (χ0n) is 15.1. The molecule has 11 heteroatoms. The number of nitrogens with one attached hydrogen (secondary N) is 1. The molecule has 0 radical (unpaired) electrons. The molecule has 28 heavy (non-hydrogen) atoms. The highest BCUT2D eigenvalue weighted by Gasteiger charge is 2.32. The fourth-order valence-electron chi connectivity index (χ4n) is 2.77. The molecule has 0 atom stereocenters. The fourth-order valence-corrected chi connectivity index (χ4v) is 3.32. The first-order valence-corrected chi connectivity index (χ1v) is 9.12. The van der Waals surface area contributed by atoms with E-state index in [9.17, 15) is 19.5 Å². The van der Waals surface area contributed by atoms with Crippen molar-refractivity contribution < 1.29 is 19.5 Å². The van der Waals surface area contributed by atoms with Gasteiger partial charge in [0.25, 0.3) is 0 Å². The van der Waals surface area contributed by atoms with Gasteiger partial charge in [0, 0.05) is 32.2 Å². The number of hydrogen-bond acceptors (Lipinski definition) is 5. The van der Waals surface area contributed by atoms with Gasteiger partial charge in [-0.05, 0) is 19.1 Å². The normalized spacial score (nSPS) is 13.9. The third-order valence-corrected chi connectivity index (χ3v) is 5.09. The van der Waals surface area contributed by atoms with E-state index >= 15 is 0 Å². The van der Waals surface area contributed by atoms with E-state index in [2.05, 4.69) is 10.4 Å². The number of carbonyl (C=O) groups excluding carboxylic acids is 3. The molecule has 4 amide bonds. The monoisotopic (exact) mass is 425 g/mol. The quantitative estimate of drug-likeness (QED) is 0.731. The highest BCUT2D eigenvalue weighted by Crippen LogP contribution is 2.35. The Morgan fingerprint density at radius 3 is 2.54 bits per heavy atom. The molecule has 0 saturated carbocycles. The Kier molecular flexibility index (Phi) is 5.48. The summed E-state index contributed by atoms with van der Waals surface area (Å²) in [7, 11) is 1.58. The predicted molar refractivity (Wildman–Crippen MR) is 103 cm³/mol. The van der Waals surface area contributed by atoms with Crippen molar-refractivity contribution >= 4 is 46.7 Å². The number of aryl methyl sites for hydroxylation is 1. The number of aromatic hydroxyl groups is 1. The number of urea groups is 2. The molecule has 2 heterocycles. The predicted octanol–water partition coefficient (Wildman–Crippen LogP) is 3.05. The van der Waals surface area contributed by atoms with Crippen LogP contribution >= 0.6 is 23.2 Å². The van der Waals surface area contributed by atoms with Crippen molar-refractivity contribution in [1.29, 1.82) is 0 Å². The Balaban J connectivity index is 1.92. The van der Waals surface area contributed by atoms with Crippen LogP contribution in [0.1, 0.15) is 22.8 Å². The minimum absolute atomic E-state index is 0.00362. The number of anilines is 1. The Bertz CT molecular complexity index is 975. The number of amides is 4. The van der Waals surface area contributed by atoms with Crippen molar-refractivity contribution in [2.75, 3.05) is 25.5 Å². The van der Waals surface area contributed by atoms with Gasteiger partial charge < -0.3 is 15.3 Å². The molecular weight excluding hydrogens is 409 g/mol. The van der Waals surface area contributed by atoms with Crippen LogP contribution in [0.25, 0.3) is 0 Å². The summed E-state index contributed by atoms with van der Waals surface area (Å²) < 4.78 is 1.26. The lowest BCUT2D eigenvalue weighted by Gasteiger charge is -2.17. The number of rotatable bonds is 4. The molecule has 0 bridgehead atoms. The summed E-state index contributed by atoms with van der Waals surface area (Å²) in [5, 5.41) is 16.5. The summed E-state index contributed by atoms with van der Waals surface area (Å²) in [6, 6.07) is 1.63. The standard InChI is InChI=1S/C17H17Cl2N5O4/c1-3-24-15(26)10(8-20-24)14(25)9-4-5-11(18)13(12(9)19)21-16(27)23-7-6-22(2)17(23)28/h4-5,8,26H,3,6-7H2,1-2H3,(H,21,27). The van der Waals surface area contributed by atoms with Crippen LogP contribution in [0.5, 0.6) is 5.88 Å². The summed E-state index contributed by atoms with van der Waals surface area (Å²) in [5.41, 5.74) is 0.000732. The van der Waals surface area contributed by atoms with Crippen LogP contribution in [0.2, 0.25) is 10.0 Å². The van der Waals surface area contributed by atoms with Crippen molar-refractivity contribution in [3.63, 3.8) is 0 Å². The highest BCUT2D eigenvalue weighted by atomic mass is 35.5. The minimum atomic E-state index is -0.704. The number of benzene rings is 1. The Hall–Kier alpha value is -2.78. The topological polar surface area (TPSA) is 108 Å². The molecular formula is C17H17Cl2N5O4. The molecule has 1 aromatic heterocycles. The second kappa shape index (κ2) is 7.69. The van der Waals surface area contributed by atoms with Crippen molar-refractivity contribution in [1.82, 2.24) is 19.6 Å². The highest BCUT2D eigenvalue weighted by molar-refractivity contribution is 6.42. The van der Waals surface area contributed by atoms with E-state index in [0.29, 0.717) is 13.1 Å². The number of imide groups is 1. The molecule has 1 saturated heterocycles. The smallest absolute Gasteiger partial charge is 0.330 e. The van der Waals surface area contributed by atoms with Crippen LogP contribution in [0.4, 0.5) is 15.3 Å². The van der Waals surface area contributed by atoms with Crippen LogP contribution in [0.3, 0.4) is 0 Å². The summed E-state index contributed by atoms with van der Waals surface area (Å²) in [5.74, 6) is -0.860. The van der Waals surface area contributed by atoms with Crippen LogP contribution < -0.4 is 5.32 Å². The molecule has 0 spiro atoms. The Morgan fingerprint density at radius 1 is 1.25 bits per heavy atom. The van der Waals surface area contributed by atoms with Crippen molar-refractivity contribution in [3.8, 4) is 5.88 Å². The van der Waals surface area contributed by atoms with E-state index in [1.807, 2.05) is 0 Å². The van der Waals surface area contributed by atoms with E-state index in [-0.39, 0.29) is 39.3 Å². The average molecular weight is 426 g/mol. The largest absolute Gasteiger partial charge is 0.493 e. The number of aromatic nitrogens is 2. The summed E-state index contributed by atoms with van der Waals surface area (Å²) in [6.45, 7) is 2.78. The maximum atomic E-state index is 12.8. The van der Waals surface area contributed by atoms with Crippen LogP contribution in [0.15, 0.2) is 18.3 Å². The van der Waals surface area contributed by atoms with Gasteiger partial charge in [0.1, 0.15) is 5.56 Å². The first kappa shape index (κ1) is 20.0. The van der Waals surface area contributed by atoms with Gasteiger partial charge in [0.2, 0.25) is 11.7 Å². The van der Waals surface area contributed by atoms with E-state index in [4.69, 9.17) is 23.2 Å². The van der Waals surface area contributed by atoms with Crippen LogP contribution in [-0.2, 0) is 6.54 Å².